The lowest BCUT2D eigenvalue weighted by Gasteiger charge is -2.53. The highest BCUT2D eigenvalue weighted by atomic mass is 35.5. The minimum Gasteiger partial charge on any atom is -0.371 e. The van der Waals surface area contributed by atoms with Gasteiger partial charge in [0.05, 0.1) is 0 Å². The van der Waals surface area contributed by atoms with Crippen LogP contribution in [-0.2, 0) is 0 Å². The Morgan fingerprint density at radius 2 is 2.00 bits per heavy atom. The van der Waals surface area contributed by atoms with Crippen molar-refractivity contribution in [3.8, 4) is 0 Å². The van der Waals surface area contributed by atoms with Crippen LogP contribution in [0.25, 0.3) is 0 Å². The molecule has 1 nitrogen and oxygen atoms in total. The van der Waals surface area contributed by atoms with Crippen molar-refractivity contribution in [2.24, 2.45) is 11.8 Å². The normalized spacial score (nSPS) is 47.4. The number of hydrogen-bond acceptors (Lipinski definition) is 1. The molecule has 2 aliphatic heterocycles. The lowest BCUT2D eigenvalue weighted by molar-refractivity contribution is 0.0123. The highest BCUT2D eigenvalue weighted by Gasteiger charge is 2.42. The molecule has 0 aromatic rings. The van der Waals surface area contributed by atoms with Crippen LogP contribution in [-0.4, -0.2) is 22.4 Å². The van der Waals surface area contributed by atoms with Crippen LogP contribution in [0.5, 0.6) is 0 Å². The first-order chi connectivity index (χ1) is 7.75. The average Bonchev–Trinajstić information content (AvgIpc) is 2.29. The standard InChI is InChI=1S/C14H22ClN/c1-10-8-11-9-12(15)5-6-14(11)16-7-3-2-4-13(10)16/h3,7,10-14H,2,4-6,8-9H2,1H3. The van der Waals surface area contributed by atoms with Crippen molar-refractivity contribution >= 4 is 11.6 Å². The number of allylic oxidation sites excluding steroid dienone is 1. The number of nitrogens with zero attached hydrogens (tertiary/aromatic N) is 1. The van der Waals surface area contributed by atoms with Gasteiger partial charge in [-0.3, -0.25) is 0 Å². The van der Waals surface area contributed by atoms with Crippen LogP contribution in [0.3, 0.4) is 0 Å². The molecule has 2 heterocycles. The highest BCUT2D eigenvalue weighted by Crippen LogP contribution is 2.43. The predicted molar refractivity (Wildman–Crippen MR) is 68.6 cm³/mol. The SMILES string of the molecule is CC1CC2CC(Cl)CCC2N2C=CCCC12. The summed E-state index contributed by atoms with van der Waals surface area (Å²) >= 11 is 6.32. The van der Waals surface area contributed by atoms with E-state index in [0.717, 1.165) is 23.9 Å². The topological polar surface area (TPSA) is 3.24 Å². The fourth-order valence-corrected chi connectivity index (χ4v) is 4.48. The van der Waals surface area contributed by atoms with E-state index in [4.69, 9.17) is 11.6 Å². The number of halogens is 1. The molecule has 3 aliphatic rings. The van der Waals surface area contributed by atoms with E-state index in [0.29, 0.717) is 5.38 Å². The molecule has 5 atom stereocenters. The molecule has 0 aromatic carbocycles. The van der Waals surface area contributed by atoms with Crippen LogP contribution in [0.4, 0.5) is 0 Å². The molecule has 0 N–H and O–H groups in total. The maximum Gasteiger partial charge on any atom is 0.0340 e. The van der Waals surface area contributed by atoms with Gasteiger partial charge in [0.1, 0.15) is 0 Å². The van der Waals surface area contributed by atoms with Crippen molar-refractivity contribution in [2.75, 3.05) is 0 Å². The highest BCUT2D eigenvalue weighted by molar-refractivity contribution is 6.20. The van der Waals surface area contributed by atoms with Crippen molar-refractivity contribution in [3.63, 3.8) is 0 Å². The summed E-state index contributed by atoms with van der Waals surface area (Å²) in [5.74, 6) is 1.71. The summed E-state index contributed by atoms with van der Waals surface area (Å²) in [6.45, 7) is 2.44. The van der Waals surface area contributed by atoms with Gasteiger partial charge in [0.25, 0.3) is 0 Å². The summed E-state index contributed by atoms with van der Waals surface area (Å²) in [6.07, 6.45) is 12.6. The molecule has 90 valence electrons. The molecule has 0 amide bonds. The fraction of sp³-hybridized carbons (Fsp3) is 0.857. The van der Waals surface area contributed by atoms with Gasteiger partial charge in [0.15, 0.2) is 0 Å². The fourth-order valence-electron chi connectivity index (χ4n) is 4.13. The van der Waals surface area contributed by atoms with Gasteiger partial charge in [-0.15, -0.1) is 11.6 Å². The van der Waals surface area contributed by atoms with Crippen LogP contribution < -0.4 is 0 Å². The van der Waals surface area contributed by atoms with Gasteiger partial charge >= 0.3 is 0 Å². The second-order valence-electron chi connectivity index (χ2n) is 5.93. The molecule has 1 saturated carbocycles. The van der Waals surface area contributed by atoms with Crippen molar-refractivity contribution in [1.29, 1.82) is 0 Å². The molecule has 2 fully saturated rings. The van der Waals surface area contributed by atoms with Gasteiger partial charge in [-0.25, -0.2) is 0 Å². The maximum atomic E-state index is 6.32. The van der Waals surface area contributed by atoms with E-state index in [1.165, 1.54) is 38.5 Å². The van der Waals surface area contributed by atoms with Crippen molar-refractivity contribution in [1.82, 2.24) is 4.90 Å². The van der Waals surface area contributed by atoms with E-state index >= 15 is 0 Å². The molecule has 3 rings (SSSR count). The summed E-state index contributed by atoms with van der Waals surface area (Å²) in [5, 5.41) is 0.443. The second-order valence-corrected chi connectivity index (χ2v) is 6.54. The number of piperidine rings is 1. The van der Waals surface area contributed by atoms with Crippen LogP contribution >= 0.6 is 11.6 Å². The van der Waals surface area contributed by atoms with Crippen molar-refractivity contribution in [3.05, 3.63) is 12.3 Å². The molecule has 5 unspecified atom stereocenters. The summed E-state index contributed by atoms with van der Waals surface area (Å²) < 4.78 is 0. The van der Waals surface area contributed by atoms with E-state index in [1.54, 1.807) is 0 Å². The lowest BCUT2D eigenvalue weighted by Crippen LogP contribution is -2.54. The molecule has 0 bridgehead atoms. The molecule has 2 heteroatoms. The molecule has 16 heavy (non-hydrogen) atoms. The van der Waals surface area contributed by atoms with Crippen LogP contribution in [0.2, 0.25) is 0 Å². The Balaban J connectivity index is 1.82. The lowest BCUT2D eigenvalue weighted by atomic mass is 9.71. The first kappa shape index (κ1) is 11.0. The Bertz CT molecular complexity index is 288. The second kappa shape index (κ2) is 4.25. The first-order valence-corrected chi connectivity index (χ1v) is 7.27. The van der Waals surface area contributed by atoms with Crippen LogP contribution in [0.15, 0.2) is 12.3 Å². The summed E-state index contributed by atoms with van der Waals surface area (Å²) in [4.78, 5) is 2.69. The zero-order valence-electron chi connectivity index (χ0n) is 10.1. The smallest absolute Gasteiger partial charge is 0.0340 e. The van der Waals surface area contributed by atoms with Crippen molar-refractivity contribution < 1.29 is 0 Å². The summed E-state index contributed by atoms with van der Waals surface area (Å²) in [5.41, 5.74) is 0. The Hall–Kier alpha value is -0.170. The summed E-state index contributed by atoms with van der Waals surface area (Å²) in [7, 11) is 0. The minimum atomic E-state index is 0.443. The third kappa shape index (κ3) is 1.77. The first-order valence-electron chi connectivity index (χ1n) is 6.84. The quantitative estimate of drug-likeness (QED) is 0.582. The van der Waals surface area contributed by atoms with E-state index in [2.05, 4.69) is 24.1 Å². The molecular weight excluding hydrogens is 218 g/mol. The zero-order chi connectivity index (χ0) is 11.1. The molecule has 0 radical (unpaired) electrons. The van der Waals surface area contributed by atoms with Gasteiger partial charge in [-0.05, 0) is 56.6 Å². The predicted octanol–water partition coefficient (Wildman–Crippen LogP) is 3.78. The zero-order valence-corrected chi connectivity index (χ0v) is 10.9. The number of alkyl halides is 1. The Labute approximate surface area is 104 Å². The largest absolute Gasteiger partial charge is 0.371 e. The number of rotatable bonds is 0. The Kier molecular flexibility index (Phi) is 2.91. The van der Waals surface area contributed by atoms with Gasteiger partial charge in [-0.2, -0.15) is 0 Å². The monoisotopic (exact) mass is 239 g/mol. The average molecular weight is 240 g/mol. The third-order valence-electron chi connectivity index (χ3n) is 4.88. The molecule has 0 aromatic heterocycles. The molecular formula is C14H22ClN. The Morgan fingerprint density at radius 1 is 1.12 bits per heavy atom. The van der Waals surface area contributed by atoms with E-state index in [1.807, 2.05) is 0 Å². The van der Waals surface area contributed by atoms with Crippen molar-refractivity contribution in [2.45, 2.75) is 62.9 Å². The van der Waals surface area contributed by atoms with Gasteiger partial charge in [0.2, 0.25) is 0 Å². The maximum absolute atomic E-state index is 6.32. The third-order valence-corrected chi connectivity index (χ3v) is 5.28. The number of hydrogen-bond donors (Lipinski definition) is 0. The Morgan fingerprint density at radius 3 is 2.88 bits per heavy atom. The number of fused-ring (bicyclic) bond motifs is 3. The van der Waals surface area contributed by atoms with Gasteiger partial charge in [-0.1, -0.05) is 13.0 Å². The van der Waals surface area contributed by atoms with Crippen LogP contribution in [0, 0.1) is 11.8 Å². The minimum absolute atomic E-state index is 0.443. The summed E-state index contributed by atoms with van der Waals surface area (Å²) in [6, 6.07) is 1.62. The van der Waals surface area contributed by atoms with Gasteiger partial charge in [0, 0.05) is 17.5 Å². The molecule has 1 aliphatic carbocycles. The van der Waals surface area contributed by atoms with E-state index in [9.17, 15) is 0 Å². The van der Waals surface area contributed by atoms with E-state index < -0.39 is 0 Å². The van der Waals surface area contributed by atoms with E-state index in [-0.39, 0.29) is 0 Å². The molecule has 1 saturated heterocycles. The van der Waals surface area contributed by atoms with Crippen LogP contribution in [0.1, 0.15) is 45.4 Å². The molecule has 0 spiro atoms. The van der Waals surface area contributed by atoms with Gasteiger partial charge < -0.3 is 4.90 Å².